The molecule has 1 aromatic carbocycles. The normalized spacial score (nSPS) is 15.2. The molecule has 2 heterocycles. The van der Waals surface area contributed by atoms with Gasteiger partial charge in [-0.2, -0.15) is 4.98 Å². The van der Waals surface area contributed by atoms with Crippen molar-refractivity contribution in [2.24, 2.45) is 5.73 Å². The molecule has 174 valence electrons. The molecule has 1 fully saturated rings. The number of nitrogens with two attached hydrogens (primary N) is 1. The zero-order chi connectivity index (χ0) is 22.8. The summed E-state index contributed by atoms with van der Waals surface area (Å²) in [4.78, 5) is 19.5. The molecule has 0 bridgehead atoms. The zero-order valence-corrected chi connectivity index (χ0v) is 18.8. The first-order valence-corrected chi connectivity index (χ1v) is 11.3. The minimum absolute atomic E-state index is 0.153. The number of ether oxygens (including phenoxy) is 2. The highest BCUT2D eigenvalue weighted by Gasteiger charge is 2.19. The monoisotopic (exact) mass is 442 g/mol. The van der Waals surface area contributed by atoms with Gasteiger partial charge in [0.15, 0.2) is 0 Å². The van der Waals surface area contributed by atoms with Gasteiger partial charge in [0, 0.05) is 32.8 Å². The minimum Gasteiger partial charge on any atom is -0.477 e. The van der Waals surface area contributed by atoms with Crippen molar-refractivity contribution in [2.45, 2.75) is 38.8 Å². The quantitative estimate of drug-likeness (QED) is 0.515. The van der Waals surface area contributed by atoms with E-state index in [1.165, 1.54) is 0 Å². The number of carbonyl (C=O) groups is 1. The highest BCUT2D eigenvalue weighted by atomic mass is 16.5. The van der Waals surface area contributed by atoms with E-state index >= 15 is 0 Å². The summed E-state index contributed by atoms with van der Waals surface area (Å²) in [6.07, 6.45) is 1.50. The molecule has 1 aliphatic rings. The Morgan fingerprint density at radius 3 is 2.84 bits per heavy atom. The van der Waals surface area contributed by atoms with Gasteiger partial charge in [-0.1, -0.05) is 24.3 Å². The second-order valence-electron chi connectivity index (χ2n) is 7.78. The topological polar surface area (TPSA) is 110 Å². The Bertz CT molecular complexity index is 869. The number of rotatable bonds is 10. The number of aliphatic hydroxyl groups excluding tert-OH is 1. The largest absolute Gasteiger partial charge is 0.477 e. The van der Waals surface area contributed by atoms with Gasteiger partial charge in [-0.15, -0.1) is 0 Å². The predicted molar refractivity (Wildman–Crippen MR) is 124 cm³/mol. The molecule has 1 saturated heterocycles. The van der Waals surface area contributed by atoms with E-state index in [4.69, 9.17) is 15.2 Å². The summed E-state index contributed by atoms with van der Waals surface area (Å²) in [6, 6.07) is 11.5. The lowest BCUT2D eigenvalue weighted by Gasteiger charge is -2.22. The first-order chi connectivity index (χ1) is 15.6. The van der Waals surface area contributed by atoms with E-state index in [9.17, 15) is 9.90 Å². The van der Waals surface area contributed by atoms with E-state index < -0.39 is 6.10 Å². The summed E-state index contributed by atoms with van der Waals surface area (Å²) in [6.45, 7) is 5.89. The Kier molecular flexibility index (Phi) is 9.27. The molecule has 1 atom stereocenters. The summed E-state index contributed by atoms with van der Waals surface area (Å²) in [5.41, 5.74) is 8.34. The molecule has 0 radical (unpaired) electrons. The Morgan fingerprint density at radius 2 is 2.06 bits per heavy atom. The van der Waals surface area contributed by atoms with Gasteiger partial charge in [0.25, 0.3) is 5.91 Å². The van der Waals surface area contributed by atoms with Crippen molar-refractivity contribution in [2.75, 3.05) is 44.4 Å². The van der Waals surface area contributed by atoms with Crippen LogP contribution in [-0.4, -0.2) is 61.6 Å². The minimum atomic E-state index is -0.662. The first kappa shape index (κ1) is 24.0. The number of aromatic nitrogens is 1. The molecule has 1 aliphatic heterocycles. The average molecular weight is 443 g/mol. The average Bonchev–Trinajstić information content (AvgIpc) is 3.11. The summed E-state index contributed by atoms with van der Waals surface area (Å²) in [5.74, 6) is 0.765. The van der Waals surface area contributed by atoms with Crippen LogP contribution in [0.5, 0.6) is 5.88 Å². The highest BCUT2D eigenvalue weighted by Crippen LogP contribution is 2.22. The number of nitrogens with one attached hydrogen (secondary N) is 1. The molecule has 32 heavy (non-hydrogen) atoms. The zero-order valence-electron chi connectivity index (χ0n) is 18.8. The molecule has 0 unspecified atom stereocenters. The van der Waals surface area contributed by atoms with Crippen LogP contribution in [-0.2, 0) is 17.7 Å². The fourth-order valence-corrected chi connectivity index (χ4v) is 3.73. The molecule has 8 heteroatoms. The number of anilines is 1. The fourth-order valence-electron chi connectivity index (χ4n) is 3.73. The van der Waals surface area contributed by atoms with Crippen LogP contribution in [0, 0.1) is 0 Å². The molecule has 4 N–H and O–H groups in total. The van der Waals surface area contributed by atoms with E-state index in [-0.39, 0.29) is 12.5 Å². The van der Waals surface area contributed by atoms with Gasteiger partial charge in [-0.05, 0) is 49.4 Å². The summed E-state index contributed by atoms with van der Waals surface area (Å²) in [7, 11) is 0. The van der Waals surface area contributed by atoms with E-state index in [1.54, 1.807) is 6.07 Å². The second-order valence-corrected chi connectivity index (χ2v) is 7.78. The lowest BCUT2D eigenvalue weighted by atomic mass is 10.0. The van der Waals surface area contributed by atoms with Crippen molar-refractivity contribution in [1.29, 1.82) is 0 Å². The van der Waals surface area contributed by atoms with Gasteiger partial charge in [-0.25, -0.2) is 0 Å². The van der Waals surface area contributed by atoms with Crippen molar-refractivity contribution in [3.63, 3.8) is 0 Å². The highest BCUT2D eigenvalue weighted by molar-refractivity contribution is 5.96. The Labute approximate surface area is 189 Å². The summed E-state index contributed by atoms with van der Waals surface area (Å²) in [5, 5.41) is 13.2. The Balaban J connectivity index is 1.58. The maximum absolute atomic E-state index is 12.8. The summed E-state index contributed by atoms with van der Waals surface area (Å²) < 4.78 is 11.2. The van der Waals surface area contributed by atoms with Crippen molar-refractivity contribution in [3.8, 4) is 5.88 Å². The van der Waals surface area contributed by atoms with Crippen molar-refractivity contribution in [3.05, 3.63) is 53.1 Å². The molecule has 1 aromatic heterocycles. The fraction of sp³-hybridized carbons (Fsp3) is 0.500. The number of carbonyl (C=O) groups excluding carboxylic acids is 1. The summed E-state index contributed by atoms with van der Waals surface area (Å²) >= 11 is 0. The molecular formula is C24H34N4O4. The Morgan fingerprint density at radius 1 is 1.25 bits per heavy atom. The number of pyridine rings is 1. The van der Waals surface area contributed by atoms with Gasteiger partial charge in [0.2, 0.25) is 5.88 Å². The smallest absolute Gasteiger partial charge is 0.256 e. The SMILES string of the molecule is CCOc1nc(N2CCCOCC2)ccc1C(=O)NC[C@@H](O)CCc1ccccc1CN. The molecule has 0 aliphatic carbocycles. The molecule has 3 rings (SSSR count). The van der Waals surface area contributed by atoms with Crippen LogP contribution in [0.2, 0.25) is 0 Å². The number of hydrogen-bond acceptors (Lipinski definition) is 7. The number of amides is 1. The lowest BCUT2D eigenvalue weighted by Crippen LogP contribution is -2.33. The van der Waals surface area contributed by atoms with Gasteiger partial charge in [-0.3, -0.25) is 4.79 Å². The maximum atomic E-state index is 12.8. The van der Waals surface area contributed by atoms with E-state index in [0.717, 1.165) is 43.1 Å². The maximum Gasteiger partial charge on any atom is 0.256 e. The van der Waals surface area contributed by atoms with E-state index in [0.29, 0.717) is 44.0 Å². The van der Waals surface area contributed by atoms with E-state index in [1.807, 2.05) is 37.3 Å². The third-order valence-electron chi connectivity index (χ3n) is 5.50. The lowest BCUT2D eigenvalue weighted by molar-refractivity contribution is 0.0906. The number of hydrogen-bond donors (Lipinski definition) is 3. The Hall–Kier alpha value is -2.68. The van der Waals surface area contributed by atoms with Crippen LogP contribution in [0.25, 0.3) is 0 Å². The van der Waals surface area contributed by atoms with Gasteiger partial charge >= 0.3 is 0 Å². The molecular weight excluding hydrogens is 408 g/mol. The van der Waals surface area contributed by atoms with Crippen molar-refractivity contribution < 1.29 is 19.4 Å². The standard InChI is InChI=1S/C24H34N4O4/c1-2-32-24-21(10-11-22(27-24)28-12-5-14-31-15-13-28)23(30)26-17-20(29)9-8-18-6-3-4-7-19(18)16-25/h3-4,6-7,10-11,20,29H,2,5,8-9,12-17,25H2,1H3,(H,26,30)/t20-/m0/s1. The number of benzene rings is 1. The van der Waals surface area contributed by atoms with Crippen molar-refractivity contribution in [1.82, 2.24) is 10.3 Å². The van der Waals surface area contributed by atoms with Gasteiger partial charge in [0.1, 0.15) is 11.4 Å². The van der Waals surface area contributed by atoms with Crippen LogP contribution in [0.4, 0.5) is 5.82 Å². The molecule has 1 amide bonds. The third-order valence-corrected chi connectivity index (χ3v) is 5.50. The molecule has 0 spiro atoms. The number of aryl methyl sites for hydroxylation is 1. The second kappa shape index (κ2) is 12.4. The van der Waals surface area contributed by atoms with Crippen LogP contribution in [0.1, 0.15) is 41.3 Å². The van der Waals surface area contributed by atoms with Crippen LogP contribution < -0.4 is 20.7 Å². The first-order valence-electron chi connectivity index (χ1n) is 11.3. The molecule has 8 nitrogen and oxygen atoms in total. The van der Waals surface area contributed by atoms with Crippen molar-refractivity contribution >= 4 is 11.7 Å². The van der Waals surface area contributed by atoms with Crippen LogP contribution >= 0.6 is 0 Å². The van der Waals surface area contributed by atoms with Gasteiger partial charge < -0.3 is 30.5 Å². The van der Waals surface area contributed by atoms with E-state index in [2.05, 4.69) is 15.2 Å². The number of aliphatic hydroxyl groups is 1. The van der Waals surface area contributed by atoms with Crippen LogP contribution in [0.15, 0.2) is 36.4 Å². The third kappa shape index (κ3) is 6.66. The van der Waals surface area contributed by atoms with Gasteiger partial charge in [0.05, 0.1) is 19.3 Å². The molecule has 0 saturated carbocycles. The van der Waals surface area contributed by atoms with Crippen LogP contribution in [0.3, 0.4) is 0 Å². The molecule has 2 aromatic rings. The predicted octanol–water partition coefficient (Wildman–Crippen LogP) is 1.89. The number of nitrogens with zero attached hydrogens (tertiary/aromatic N) is 2.